The third-order valence-corrected chi connectivity index (χ3v) is 2.89. The number of guanidine groups is 1. The molecule has 0 heterocycles. The molecule has 0 atom stereocenters. The van der Waals surface area contributed by atoms with E-state index in [4.69, 9.17) is 11.6 Å². The van der Waals surface area contributed by atoms with Gasteiger partial charge in [-0.1, -0.05) is 60.7 Å². The van der Waals surface area contributed by atoms with Crippen LogP contribution in [-0.2, 0) is 13.1 Å². The van der Waals surface area contributed by atoms with Crippen LogP contribution in [0.1, 0.15) is 11.1 Å². The Balaban J connectivity index is 2.13. The van der Waals surface area contributed by atoms with Crippen molar-refractivity contribution in [1.29, 1.82) is 0 Å². The summed E-state index contributed by atoms with van der Waals surface area (Å²) in [5.41, 5.74) is 8.21. The van der Waals surface area contributed by atoms with Gasteiger partial charge in [0.25, 0.3) is 0 Å². The van der Waals surface area contributed by atoms with Gasteiger partial charge in [-0.3, -0.25) is 0 Å². The zero-order valence-electron chi connectivity index (χ0n) is 10.7. The minimum absolute atomic E-state index is 0.340. The summed E-state index contributed by atoms with van der Waals surface area (Å²) < 4.78 is 0. The Labute approximate surface area is 113 Å². The Bertz CT molecular complexity index is 481. The SMILES string of the molecule is N/N=C(/N)N(Cc1ccccc1)Cc1ccccc1. The summed E-state index contributed by atoms with van der Waals surface area (Å²) in [5, 5.41) is 3.60. The summed E-state index contributed by atoms with van der Waals surface area (Å²) in [6, 6.07) is 20.2. The van der Waals surface area contributed by atoms with Crippen LogP contribution in [0.2, 0.25) is 0 Å². The van der Waals surface area contributed by atoms with Crippen molar-refractivity contribution >= 4 is 5.96 Å². The normalized spacial score (nSPS) is 11.3. The Morgan fingerprint density at radius 1 is 0.842 bits per heavy atom. The number of hydrogen-bond donors (Lipinski definition) is 2. The Hall–Kier alpha value is -2.49. The number of rotatable bonds is 4. The van der Waals surface area contributed by atoms with Crippen molar-refractivity contribution in [2.24, 2.45) is 16.7 Å². The van der Waals surface area contributed by atoms with Crippen molar-refractivity contribution in [2.45, 2.75) is 13.1 Å². The lowest BCUT2D eigenvalue weighted by Crippen LogP contribution is -2.37. The molecule has 2 aromatic carbocycles. The molecule has 98 valence electrons. The average molecular weight is 254 g/mol. The molecule has 0 saturated carbocycles. The average Bonchev–Trinajstić information content (AvgIpc) is 2.48. The molecule has 0 radical (unpaired) electrons. The molecule has 0 aromatic heterocycles. The first kappa shape index (κ1) is 13.0. The molecular weight excluding hydrogens is 236 g/mol. The standard InChI is InChI=1S/C15H18N4/c16-15(18-17)19(11-13-7-3-1-4-8-13)12-14-9-5-2-6-10-14/h1-10H,11-12,17H2,(H2,16,18). The van der Waals surface area contributed by atoms with Gasteiger partial charge in [0.15, 0.2) is 0 Å². The second-order valence-corrected chi connectivity index (χ2v) is 4.31. The minimum atomic E-state index is 0.340. The van der Waals surface area contributed by atoms with Gasteiger partial charge in [-0.15, -0.1) is 5.10 Å². The predicted molar refractivity (Wildman–Crippen MR) is 77.9 cm³/mol. The Kier molecular flexibility index (Phi) is 4.39. The lowest BCUT2D eigenvalue weighted by atomic mass is 10.2. The molecule has 0 aliphatic carbocycles. The van der Waals surface area contributed by atoms with Gasteiger partial charge in [0.2, 0.25) is 5.96 Å². The third kappa shape index (κ3) is 3.74. The van der Waals surface area contributed by atoms with E-state index in [9.17, 15) is 0 Å². The Morgan fingerprint density at radius 2 is 1.26 bits per heavy atom. The summed E-state index contributed by atoms with van der Waals surface area (Å²) in [4.78, 5) is 1.95. The summed E-state index contributed by atoms with van der Waals surface area (Å²) in [5.74, 6) is 5.64. The van der Waals surface area contributed by atoms with Gasteiger partial charge in [0.1, 0.15) is 0 Å². The first-order valence-corrected chi connectivity index (χ1v) is 6.16. The van der Waals surface area contributed by atoms with Crippen LogP contribution in [0, 0.1) is 0 Å². The maximum atomic E-state index is 5.86. The monoisotopic (exact) mass is 254 g/mol. The van der Waals surface area contributed by atoms with Gasteiger partial charge in [-0.2, -0.15) is 0 Å². The molecule has 0 bridgehead atoms. The van der Waals surface area contributed by atoms with E-state index in [1.807, 2.05) is 41.3 Å². The second kappa shape index (κ2) is 6.44. The maximum Gasteiger partial charge on any atom is 0.214 e. The molecule has 0 unspecified atom stereocenters. The second-order valence-electron chi connectivity index (χ2n) is 4.31. The van der Waals surface area contributed by atoms with E-state index in [2.05, 4.69) is 29.4 Å². The molecule has 0 amide bonds. The largest absolute Gasteiger partial charge is 0.368 e. The number of nitrogens with zero attached hydrogens (tertiary/aromatic N) is 2. The van der Waals surface area contributed by atoms with E-state index in [1.54, 1.807) is 0 Å². The number of hydrogen-bond acceptors (Lipinski definition) is 2. The summed E-state index contributed by atoms with van der Waals surface area (Å²) >= 11 is 0. The number of hydrazone groups is 1. The van der Waals surface area contributed by atoms with E-state index in [0.717, 1.165) is 0 Å². The molecule has 2 rings (SSSR count). The molecule has 0 saturated heterocycles. The molecule has 2 aromatic rings. The van der Waals surface area contributed by atoms with Crippen LogP contribution in [0.5, 0.6) is 0 Å². The van der Waals surface area contributed by atoms with Crippen molar-refractivity contribution in [3.63, 3.8) is 0 Å². The van der Waals surface area contributed by atoms with Gasteiger partial charge >= 0.3 is 0 Å². The highest BCUT2D eigenvalue weighted by atomic mass is 15.3. The van der Waals surface area contributed by atoms with E-state index >= 15 is 0 Å². The van der Waals surface area contributed by atoms with Gasteiger partial charge in [-0.25, -0.2) is 0 Å². The van der Waals surface area contributed by atoms with Crippen molar-refractivity contribution in [1.82, 2.24) is 4.90 Å². The van der Waals surface area contributed by atoms with Crippen LogP contribution in [-0.4, -0.2) is 10.9 Å². The first-order chi connectivity index (χ1) is 9.29. The summed E-state index contributed by atoms with van der Waals surface area (Å²) in [6.07, 6.45) is 0. The highest BCUT2D eigenvalue weighted by Gasteiger charge is 2.09. The van der Waals surface area contributed by atoms with Crippen molar-refractivity contribution in [3.05, 3.63) is 71.8 Å². The van der Waals surface area contributed by atoms with Crippen LogP contribution >= 0.6 is 0 Å². The molecule has 0 aliphatic rings. The fraction of sp³-hybridized carbons (Fsp3) is 0.133. The van der Waals surface area contributed by atoms with Gasteiger partial charge in [0, 0.05) is 13.1 Å². The van der Waals surface area contributed by atoms with Crippen molar-refractivity contribution < 1.29 is 0 Å². The zero-order valence-corrected chi connectivity index (χ0v) is 10.7. The topological polar surface area (TPSA) is 67.6 Å². The lowest BCUT2D eigenvalue weighted by molar-refractivity contribution is 0.400. The van der Waals surface area contributed by atoms with E-state index < -0.39 is 0 Å². The molecule has 0 spiro atoms. The zero-order chi connectivity index (χ0) is 13.5. The van der Waals surface area contributed by atoms with Crippen LogP contribution in [0.15, 0.2) is 65.8 Å². The number of benzene rings is 2. The van der Waals surface area contributed by atoms with Gasteiger partial charge in [-0.05, 0) is 11.1 Å². The van der Waals surface area contributed by atoms with E-state index in [1.165, 1.54) is 11.1 Å². The summed E-state index contributed by atoms with van der Waals surface area (Å²) in [7, 11) is 0. The highest BCUT2D eigenvalue weighted by Crippen LogP contribution is 2.09. The Morgan fingerprint density at radius 3 is 1.63 bits per heavy atom. The quantitative estimate of drug-likeness (QED) is 0.379. The molecule has 0 fully saturated rings. The van der Waals surface area contributed by atoms with Crippen LogP contribution in [0.3, 0.4) is 0 Å². The summed E-state index contributed by atoms with van der Waals surface area (Å²) in [6.45, 7) is 1.37. The minimum Gasteiger partial charge on any atom is -0.368 e. The van der Waals surface area contributed by atoms with Crippen molar-refractivity contribution in [3.8, 4) is 0 Å². The van der Waals surface area contributed by atoms with Gasteiger partial charge < -0.3 is 16.5 Å². The van der Waals surface area contributed by atoms with Gasteiger partial charge in [0.05, 0.1) is 0 Å². The fourth-order valence-electron chi connectivity index (χ4n) is 1.91. The highest BCUT2D eigenvalue weighted by molar-refractivity contribution is 5.77. The molecule has 0 aliphatic heterocycles. The molecule has 19 heavy (non-hydrogen) atoms. The van der Waals surface area contributed by atoms with Crippen LogP contribution in [0.4, 0.5) is 0 Å². The predicted octanol–water partition coefficient (Wildman–Crippen LogP) is 1.88. The van der Waals surface area contributed by atoms with E-state index in [-0.39, 0.29) is 0 Å². The number of nitrogens with two attached hydrogens (primary N) is 2. The van der Waals surface area contributed by atoms with Crippen LogP contribution in [0.25, 0.3) is 0 Å². The lowest BCUT2D eigenvalue weighted by Gasteiger charge is -2.23. The van der Waals surface area contributed by atoms with Crippen LogP contribution < -0.4 is 11.6 Å². The first-order valence-electron chi connectivity index (χ1n) is 6.16. The maximum absolute atomic E-state index is 5.86. The van der Waals surface area contributed by atoms with Crippen molar-refractivity contribution in [2.75, 3.05) is 0 Å². The molecule has 4 heteroatoms. The molecule has 4 N–H and O–H groups in total. The van der Waals surface area contributed by atoms with E-state index in [0.29, 0.717) is 19.0 Å². The molecular formula is C15H18N4. The third-order valence-electron chi connectivity index (χ3n) is 2.89. The smallest absolute Gasteiger partial charge is 0.214 e. The molecule has 4 nitrogen and oxygen atoms in total. The fourth-order valence-corrected chi connectivity index (χ4v) is 1.91.